The minimum absolute atomic E-state index is 0.892. The fourth-order valence-electron chi connectivity index (χ4n) is 1.69. The SMILES string of the molecule is COC1=CCc2cccc(OC)c21. The first-order valence-electron chi connectivity index (χ1n) is 4.27. The summed E-state index contributed by atoms with van der Waals surface area (Å²) in [5, 5.41) is 0. The van der Waals surface area contributed by atoms with Gasteiger partial charge in [0.15, 0.2) is 0 Å². The Labute approximate surface area is 77.8 Å². The molecule has 0 fully saturated rings. The van der Waals surface area contributed by atoms with Crippen molar-refractivity contribution in [3.63, 3.8) is 0 Å². The quantitative estimate of drug-likeness (QED) is 0.688. The highest BCUT2D eigenvalue weighted by Crippen LogP contribution is 2.34. The van der Waals surface area contributed by atoms with Crippen LogP contribution in [0.25, 0.3) is 5.76 Å². The smallest absolute Gasteiger partial charge is 0.130 e. The van der Waals surface area contributed by atoms with Crippen LogP contribution in [0.5, 0.6) is 5.75 Å². The van der Waals surface area contributed by atoms with Crippen LogP contribution in [0.2, 0.25) is 0 Å². The Hall–Kier alpha value is -1.44. The number of methoxy groups -OCH3 is 2. The molecule has 0 N–H and O–H groups in total. The molecule has 0 bridgehead atoms. The zero-order chi connectivity index (χ0) is 9.26. The molecule has 13 heavy (non-hydrogen) atoms. The average Bonchev–Trinajstić information content (AvgIpc) is 2.60. The second-order valence-electron chi connectivity index (χ2n) is 2.97. The van der Waals surface area contributed by atoms with Crippen molar-refractivity contribution in [2.75, 3.05) is 14.2 Å². The normalized spacial score (nSPS) is 13.5. The Morgan fingerprint density at radius 3 is 2.69 bits per heavy atom. The third-order valence-corrected chi connectivity index (χ3v) is 2.31. The van der Waals surface area contributed by atoms with Crippen molar-refractivity contribution >= 4 is 5.76 Å². The van der Waals surface area contributed by atoms with E-state index < -0.39 is 0 Å². The summed E-state index contributed by atoms with van der Waals surface area (Å²) in [6, 6.07) is 6.06. The molecule has 1 aromatic carbocycles. The van der Waals surface area contributed by atoms with Gasteiger partial charge in [-0.2, -0.15) is 0 Å². The van der Waals surface area contributed by atoms with Crippen LogP contribution in [0.3, 0.4) is 0 Å². The highest BCUT2D eigenvalue weighted by atomic mass is 16.5. The maximum atomic E-state index is 5.27. The van der Waals surface area contributed by atoms with E-state index in [-0.39, 0.29) is 0 Å². The Morgan fingerprint density at radius 1 is 1.15 bits per heavy atom. The summed E-state index contributed by atoms with van der Waals surface area (Å²) in [5.41, 5.74) is 2.38. The predicted molar refractivity (Wildman–Crippen MR) is 51.7 cm³/mol. The maximum absolute atomic E-state index is 5.27. The lowest BCUT2D eigenvalue weighted by Gasteiger charge is -2.09. The highest BCUT2D eigenvalue weighted by Gasteiger charge is 2.18. The van der Waals surface area contributed by atoms with Crippen molar-refractivity contribution in [3.8, 4) is 5.75 Å². The standard InChI is InChI=1S/C11H12O2/c1-12-9-5-3-4-8-6-7-10(13-2)11(8)9/h3-5,7H,6H2,1-2H3. The van der Waals surface area contributed by atoms with E-state index in [1.54, 1.807) is 14.2 Å². The van der Waals surface area contributed by atoms with Crippen molar-refractivity contribution in [2.45, 2.75) is 6.42 Å². The van der Waals surface area contributed by atoms with Crippen molar-refractivity contribution in [2.24, 2.45) is 0 Å². The van der Waals surface area contributed by atoms with Crippen LogP contribution < -0.4 is 4.74 Å². The third-order valence-electron chi connectivity index (χ3n) is 2.31. The molecule has 0 saturated heterocycles. The van der Waals surface area contributed by atoms with Crippen LogP contribution in [0.15, 0.2) is 24.3 Å². The lowest BCUT2D eigenvalue weighted by atomic mass is 10.1. The molecule has 2 heteroatoms. The van der Waals surface area contributed by atoms with Gasteiger partial charge in [-0.25, -0.2) is 0 Å². The molecular weight excluding hydrogens is 164 g/mol. The summed E-state index contributed by atoms with van der Waals surface area (Å²) in [5.74, 6) is 1.82. The van der Waals surface area contributed by atoms with Gasteiger partial charge in [0.05, 0.1) is 19.8 Å². The average molecular weight is 176 g/mol. The van der Waals surface area contributed by atoms with Gasteiger partial charge in [0, 0.05) is 0 Å². The van der Waals surface area contributed by atoms with Crippen molar-refractivity contribution < 1.29 is 9.47 Å². The molecule has 2 nitrogen and oxygen atoms in total. The molecule has 0 spiro atoms. The van der Waals surface area contributed by atoms with Crippen molar-refractivity contribution in [1.29, 1.82) is 0 Å². The van der Waals surface area contributed by atoms with Crippen LogP contribution in [0.1, 0.15) is 11.1 Å². The van der Waals surface area contributed by atoms with Gasteiger partial charge < -0.3 is 9.47 Å². The van der Waals surface area contributed by atoms with Crippen LogP contribution in [-0.2, 0) is 11.2 Å². The van der Waals surface area contributed by atoms with E-state index in [0.29, 0.717) is 0 Å². The molecule has 0 unspecified atom stereocenters. The van der Waals surface area contributed by atoms with Crippen LogP contribution in [0.4, 0.5) is 0 Å². The van der Waals surface area contributed by atoms with E-state index in [1.165, 1.54) is 5.56 Å². The Bertz CT molecular complexity index is 353. The van der Waals surface area contributed by atoms with Gasteiger partial charge in [-0.3, -0.25) is 0 Å². The van der Waals surface area contributed by atoms with E-state index in [9.17, 15) is 0 Å². The number of allylic oxidation sites excluding steroid dienone is 1. The van der Waals surface area contributed by atoms with Gasteiger partial charge in [-0.1, -0.05) is 12.1 Å². The van der Waals surface area contributed by atoms with Gasteiger partial charge in [0.2, 0.25) is 0 Å². The van der Waals surface area contributed by atoms with Gasteiger partial charge in [0.25, 0.3) is 0 Å². The first-order chi connectivity index (χ1) is 6.36. The van der Waals surface area contributed by atoms with Gasteiger partial charge in [-0.05, 0) is 24.1 Å². The monoisotopic (exact) mass is 176 g/mol. The molecule has 2 rings (SSSR count). The van der Waals surface area contributed by atoms with Gasteiger partial charge in [0.1, 0.15) is 11.5 Å². The molecule has 0 amide bonds. The molecule has 1 aliphatic rings. The van der Waals surface area contributed by atoms with Crippen LogP contribution in [0, 0.1) is 0 Å². The van der Waals surface area contributed by atoms with Crippen molar-refractivity contribution in [1.82, 2.24) is 0 Å². The first-order valence-corrected chi connectivity index (χ1v) is 4.27. The summed E-state index contributed by atoms with van der Waals surface area (Å²) < 4.78 is 10.5. The summed E-state index contributed by atoms with van der Waals surface area (Å²) in [6.45, 7) is 0. The van der Waals surface area contributed by atoms with Gasteiger partial charge >= 0.3 is 0 Å². The molecule has 68 valence electrons. The minimum atomic E-state index is 0.892. The van der Waals surface area contributed by atoms with Crippen LogP contribution in [-0.4, -0.2) is 14.2 Å². The van der Waals surface area contributed by atoms with Crippen molar-refractivity contribution in [3.05, 3.63) is 35.4 Å². The molecule has 0 radical (unpaired) electrons. The second kappa shape index (κ2) is 3.13. The number of ether oxygens (including phenoxy) is 2. The summed E-state index contributed by atoms with van der Waals surface area (Å²) in [7, 11) is 3.37. The lowest BCUT2D eigenvalue weighted by Crippen LogP contribution is -1.92. The molecule has 1 aliphatic carbocycles. The lowest BCUT2D eigenvalue weighted by molar-refractivity contribution is 0.363. The number of benzene rings is 1. The Morgan fingerprint density at radius 2 is 2.00 bits per heavy atom. The topological polar surface area (TPSA) is 18.5 Å². The zero-order valence-corrected chi connectivity index (χ0v) is 7.83. The van der Waals surface area contributed by atoms with E-state index >= 15 is 0 Å². The second-order valence-corrected chi connectivity index (χ2v) is 2.97. The number of hydrogen-bond acceptors (Lipinski definition) is 2. The first kappa shape index (κ1) is 8.17. The number of hydrogen-bond donors (Lipinski definition) is 0. The predicted octanol–water partition coefficient (Wildman–Crippen LogP) is 2.24. The largest absolute Gasteiger partial charge is 0.496 e. The molecule has 0 aliphatic heterocycles. The number of rotatable bonds is 2. The van der Waals surface area contributed by atoms with E-state index in [1.807, 2.05) is 12.1 Å². The molecule has 0 heterocycles. The van der Waals surface area contributed by atoms with Gasteiger partial charge in [-0.15, -0.1) is 0 Å². The molecule has 0 atom stereocenters. The third kappa shape index (κ3) is 1.18. The fraction of sp³-hybridized carbons (Fsp3) is 0.273. The van der Waals surface area contributed by atoms with E-state index in [2.05, 4.69) is 12.1 Å². The van der Waals surface area contributed by atoms with Crippen LogP contribution >= 0.6 is 0 Å². The molecule has 0 aromatic heterocycles. The molecular formula is C11H12O2. The van der Waals surface area contributed by atoms with E-state index in [0.717, 1.165) is 23.5 Å². The summed E-state index contributed by atoms with van der Waals surface area (Å²) >= 11 is 0. The summed E-state index contributed by atoms with van der Waals surface area (Å²) in [4.78, 5) is 0. The summed E-state index contributed by atoms with van der Waals surface area (Å²) in [6.07, 6.45) is 3.02. The zero-order valence-electron chi connectivity index (χ0n) is 7.83. The highest BCUT2D eigenvalue weighted by molar-refractivity contribution is 5.73. The Balaban J connectivity index is 2.53. The van der Waals surface area contributed by atoms with E-state index in [4.69, 9.17) is 9.47 Å². The number of fused-ring (bicyclic) bond motifs is 1. The minimum Gasteiger partial charge on any atom is -0.496 e. The molecule has 1 aromatic rings. The molecule has 0 saturated carbocycles. The Kier molecular flexibility index (Phi) is 1.97. The maximum Gasteiger partial charge on any atom is 0.130 e. The fourth-order valence-corrected chi connectivity index (χ4v) is 1.69.